The molecular weight excluding hydrogens is 518 g/mol. The molecule has 0 aliphatic carbocycles. The van der Waals surface area contributed by atoms with Crippen molar-refractivity contribution in [2.45, 2.75) is 32.7 Å². The average Bonchev–Trinajstić information content (AvgIpc) is 3.23. The maximum absolute atomic E-state index is 13.6. The maximum atomic E-state index is 13.6. The molecule has 2 N–H and O–H groups in total. The Morgan fingerprint density at radius 1 is 0.878 bits per heavy atom. The first kappa shape index (κ1) is 27.5. The summed E-state index contributed by atoms with van der Waals surface area (Å²) >= 11 is 0. The predicted octanol–water partition coefficient (Wildman–Crippen LogP) is 7.33. The third-order valence-corrected chi connectivity index (χ3v) is 6.94. The molecule has 41 heavy (non-hydrogen) atoms. The lowest BCUT2D eigenvalue weighted by Crippen LogP contribution is -2.29. The fourth-order valence-corrected chi connectivity index (χ4v) is 5.03. The van der Waals surface area contributed by atoms with Crippen LogP contribution in [0.1, 0.15) is 49.4 Å². The Kier molecular flexibility index (Phi) is 7.79. The van der Waals surface area contributed by atoms with Gasteiger partial charge in [-0.3, -0.25) is 14.5 Å². The molecule has 4 aromatic rings. The van der Waals surface area contributed by atoms with Crippen LogP contribution < -0.4 is 14.4 Å². The molecule has 1 aliphatic heterocycles. The van der Waals surface area contributed by atoms with E-state index in [4.69, 9.17) is 9.47 Å². The topological polar surface area (TPSA) is 96.3 Å². The number of benzene rings is 4. The molecule has 1 aliphatic rings. The van der Waals surface area contributed by atoms with Crippen molar-refractivity contribution in [3.8, 4) is 23.0 Å². The molecule has 1 atom stereocenters. The number of carbonyl (C=O) groups excluding carboxylic acids is 2. The molecule has 0 spiro atoms. The van der Waals surface area contributed by atoms with Crippen LogP contribution in [0.5, 0.6) is 23.0 Å². The number of hydrogen-bond acceptors (Lipinski definition) is 6. The Balaban J connectivity index is 1.69. The number of nitrogens with zero attached hydrogens (tertiary/aromatic N) is 1. The second-order valence-corrected chi connectivity index (χ2v) is 9.99. The maximum Gasteiger partial charge on any atom is 0.300 e. The minimum atomic E-state index is -1.03. The highest BCUT2D eigenvalue weighted by Gasteiger charge is 2.47. The van der Waals surface area contributed by atoms with Gasteiger partial charge < -0.3 is 19.7 Å². The Hall–Kier alpha value is -5.04. The van der Waals surface area contributed by atoms with Crippen LogP contribution in [-0.2, 0) is 9.59 Å². The summed E-state index contributed by atoms with van der Waals surface area (Å²) in [5, 5.41) is 22.3. The van der Waals surface area contributed by atoms with Crippen molar-refractivity contribution in [3.63, 3.8) is 0 Å². The van der Waals surface area contributed by atoms with E-state index in [0.29, 0.717) is 35.0 Å². The van der Waals surface area contributed by atoms with Crippen LogP contribution in [0, 0.1) is 0 Å². The summed E-state index contributed by atoms with van der Waals surface area (Å²) in [6.45, 7) is 6.40. The van der Waals surface area contributed by atoms with Crippen LogP contribution in [0.3, 0.4) is 0 Å². The summed E-state index contributed by atoms with van der Waals surface area (Å²) < 4.78 is 11.8. The van der Waals surface area contributed by atoms with Gasteiger partial charge in [0.25, 0.3) is 11.7 Å². The third kappa shape index (κ3) is 5.39. The molecule has 1 saturated heterocycles. The molecule has 0 saturated carbocycles. The highest BCUT2D eigenvalue weighted by atomic mass is 16.5. The minimum absolute atomic E-state index is 0.0792. The number of Topliss-reactive ketones (excluding diaryl/α,β-unsaturated/α-hetero) is 1. The Morgan fingerprint density at radius 2 is 1.59 bits per heavy atom. The molecular formula is C34H31NO6. The third-order valence-electron chi connectivity index (χ3n) is 6.94. The van der Waals surface area contributed by atoms with Crippen LogP contribution >= 0.6 is 0 Å². The number of hydrogen-bond donors (Lipinski definition) is 2. The van der Waals surface area contributed by atoms with E-state index < -0.39 is 17.7 Å². The van der Waals surface area contributed by atoms with Gasteiger partial charge >= 0.3 is 0 Å². The number of para-hydroxylation sites is 3. The number of carbonyl (C=O) groups is 2. The second kappa shape index (κ2) is 11.6. The van der Waals surface area contributed by atoms with Crippen LogP contribution in [0.25, 0.3) is 5.76 Å². The Bertz CT molecular complexity index is 1630. The van der Waals surface area contributed by atoms with Crippen molar-refractivity contribution in [1.29, 1.82) is 0 Å². The SMILES string of the molecule is CCOc1ccc(/C(O)=C2\C(=O)C(=O)N(c3ccccc3O)C2c2cccc(Oc3ccccc3)c2)cc1C(C)C. The number of aliphatic hydroxyl groups excluding tert-OH is 1. The lowest BCUT2D eigenvalue weighted by Gasteiger charge is -2.26. The van der Waals surface area contributed by atoms with Gasteiger partial charge in [0.15, 0.2) is 0 Å². The molecule has 1 unspecified atom stereocenters. The number of amides is 1. The summed E-state index contributed by atoms with van der Waals surface area (Å²) in [6, 6.07) is 26.7. The summed E-state index contributed by atoms with van der Waals surface area (Å²) in [6.07, 6.45) is 0. The smallest absolute Gasteiger partial charge is 0.300 e. The van der Waals surface area contributed by atoms with E-state index in [1.54, 1.807) is 60.7 Å². The highest BCUT2D eigenvalue weighted by molar-refractivity contribution is 6.51. The molecule has 0 radical (unpaired) electrons. The molecule has 4 aromatic carbocycles. The monoisotopic (exact) mass is 549 g/mol. The van der Waals surface area contributed by atoms with Gasteiger partial charge in [0.05, 0.1) is 23.9 Å². The molecule has 0 bridgehead atoms. The number of aliphatic hydroxyl groups is 1. The van der Waals surface area contributed by atoms with Crippen molar-refractivity contribution in [2.75, 3.05) is 11.5 Å². The molecule has 7 heteroatoms. The molecule has 208 valence electrons. The zero-order chi connectivity index (χ0) is 29.1. The standard InChI is InChI=1S/C34H31NO6/c1-4-40-29-18-17-23(20-26(29)21(2)3)32(37)30-31(35(34(39)33(30)38)27-15-8-9-16-28(27)36)22-11-10-14-25(19-22)41-24-12-6-5-7-13-24/h5-21,31,36-37H,4H2,1-3H3/b32-30+. The molecule has 7 nitrogen and oxygen atoms in total. The zero-order valence-electron chi connectivity index (χ0n) is 23.1. The van der Waals surface area contributed by atoms with Crippen molar-refractivity contribution >= 4 is 23.1 Å². The van der Waals surface area contributed by atoms with Gasteiger partial charge in [-0.1, -0.05) is 56.3 Å². The summed E-state index contributed by atoms with van der Waals surface area (Å²) in [4.78, 5) is 28.4. The van der Waals surface area contributed by atoms with Gasteiger partial charge in [-0.05, 0) is 78.6 Å². The first-order valence-electron chi connectivity index (χ1n) is 13.5. The van der Waals surface area contributed by atoms with E-state index in [1.165, 1.54) is 11.0 Å². The predicted molar refractivity (Wildman–Crippen MR) is 158 cm³/mol. The van der Waals surface area contributed by atoms with E-state index in [2.05, 4.69) is 0 Å². The second-order valence-electron chi connectivity index (χ2n) is 9.99. The first-order valence-corrected chi connectivity index (χ1v) is 13.5. The lowest BCUT2D eigenvalue weighted by atomic mass is 9.93. The Labute approximate surface area is 238 Å². The number of ether oxygens (including phenoxy) is 2. The first-order chi connectivity index (χ1) is 19.8. The van der Waals surface area contributed by atoms with Gasteiger partial charge in [0.2, 0.25) is 0 Å². The van der Waals surface area contributed by atoms with Crippen LogP contribution in [0.4, 0.5) is 5.69 Å². The number of phenolic OH excluding ortho intramolecular Hbond substituents is 1. The van der Waals surface area contributed by atoms with E-state index >= 15 is 0 Å². The normalized spacial score (nSPS) is 16.3. The van der Waals surface area contributed by atoms with E-state index in [9.17, 15) is 19.8 Å². The van der Waals surface area contributed by atoms with Crippen molar-refractivity contribution < 1.29 is 29.3 Å². The van der Waals surface area contributed by atoms with Crippen molar-refractivity contribution in [3.05, 3.63) is 119 Å². The average molecular weight is 550 g/mol. The zero-order valence-corrected chi connectivity index (χ0v) is 23.1. The van der Waals surface area contributed by atoms with E-state index in [1.807, 2.05) is 51.1 Å². The summed E-state index contributed by atoms with van der Waals surface area (Å²) in [5.74, 6) is -0.321. The van der Waals surface area contributed by atoms with E-state index in [-0.39, 0.29) is 28.7 Å². The molecule has 1 heterocycles. The van der Waals surface area contributed by atoms with Crippen LogP contribution in [-0.4, -0.2) is 28.5 Å². The van der Waals surface area contributed by atoms with Gasteiger partial charge in [-0.25, -0.2) is 0 Å². The largest absolute Gasteiger partial charge is 0.507 e. The number of ketones is 1. The summed E-state index contributed by atoms with van der Waals surface area (Å²) in [5.41, 5.74) is 1.84. The van der Waals surface area contributed by atoms with E-state index in [0.717, 1.165) is 5.56 Å². The van der Waals surface area contributed by atoms with Gasteiger partial charge in [0, 0.05) is 5.56 Å². The minimum Gasteiger partial charge on any atom is -0.507 e. The number of aromatic hydroxyl groups is 1. The highest BCUT2D eigenvalue weighted by Crippen LogP contribution is 2.45. The summed E-state index contributed by atoms with van der Waals surface area (Å²) in [7, 11) is 0. The molecule has 1 amide bonds. The van der Waals surface area contributed by atoms with Crippen LogP contribution in [0.2, 0.25) is 0 Å². The van der Waals surface area contributed by atoms with Crippen LogP contribution in [0.15, 0.2) is 103 Å². The molecule has 5 rings (SSSR count). The fraction of sp³-hybridized carbons (Fsp3) is 0.176. The van der Waals surface area contributed by atoms with Gasteiger partial charge in [-0.15, -0.1) is 0 Å². The van der Waals surface area contributed by atoms with Crippen molar-refractivity contribution in [2.24, 2.45) is 0 Å². The fourth-order valence-electron chi connectivity index (χ4n) is 5.03. The molecule has 0 aromatic heterocycles. The molecule has 1 fully saturated rings. The lowest BCUT2D eigenvalue weighted by molar-refractivity contribution is -0.132. The number of rotatable bonds is 8. The number of anilines is 1. The Morgan fingerprint density at radius 3 is 2.29 bits per heavy atom. The number of phenols is 1. The quantitative estimate of drug-likeness (QED) is 0.136. The van der Waals surface area contributed by atoms with Crippen molar-refractivity contribution in [1.82, 2.24) is 0 Å². The van der Waals surface area contributed by atoms with Gasteiger partial charge in [-0.2, -0.15) is 0 Å². The van der Waals surface area contributed by atoms with Gasteiger partial charge in [0.1, 0.15) is 28.8 Å².